The Morgan fingerprint density at radius 1 is 1.20 bits per heavy atom. The van der Waals surface area contributed by atoms with Gasteiger partial charge >= 0.3 is 0 Å². The van der Waals surface area contributed by atoms with E-state index in [0.29, 0.717) is 41.1 Å². The number of carbonyl (C=O) groups is 2. The third kappa shape index (κ3) is 4.56. The maximum absolute atomic E-state index is 13.1. The molecule has 162 valence electrons. The normalized spacial score (nSPS) is 13.5. The van der Waals surface area contributed by atoms with Gasteiger partial charge in [-0.1, -0.05) is 0 Å². The zero-order valence-corrected chi connectivity index (χ0v) is 18.4. The van der Waals surface area contributed by atoms with Crippen LogP contribution in [0.2, 0.25) is 0 Å². The van der Waals surface area contributed by atoms with Gasteiger partial charge in [0.05, 0.1) is 10.9 Å². The first-order valence-corrected chi connectivity index (χ1v) is 11.3. The summed E-state index contributed by atoms with van der Waals surface area (Å²) in [6.45, 7) is 6.30. The lowest BCUT2D eigenvalue weighted by atomic mass is 10.1. The highest BCUT2D eigenvalue weighted by Gasteiger charge is 2.25. The van der Waals surface area contributed by atoms with Gasteiger partial charge in [-0.2, -0.15) is 11.8 Å². The van der Waals surface area contributed by atoms with Crippen molar-refractivity contribution in [1.82, 2.24) is 15.2 Å². The molecule has 0 fully saturated rings. The summed E-state index contributed by atoms with van der Waals surface area (Å²) in [4.78, 5) is 38.6. The van der Waals surface area contributed by atoms with Crippen LogP contribution >= 0.6 is 11.8 Å². The van der Waals surface area contributed by atoms with Crippen LogP contribution in [0, 0.1) is 0 Å². The van der Waals surface area contributed by atoms with Crippen LogP contribution in [0.1, 0.15) is 37.6 Å². The Labute approximate surface area is 179 Å². The van der Waals surface area contributed by atoms with E-state index < -0.39 is 17.4 Å². The molecule has 30 heavy (non-hydrogen) atoms. The highest BCUT2D eigenvalue weighted by molar-refractivity contribution is 7.98. The van der Waals surface area contributed by atoms with E-state index >= 15 is 0 Å². The van der Waals surface area contributed by atoms with E-state index in [0.717, 1.165) is 0 Å². The molecule has 0 radical (unpaired) electrons. The minimum absolute atomic E-state index is 0.00489. The van der Waals surface area contributed by atoms with Crippen molar-refractivity contribution in [2.75, 3.05) is 18.8 Å². The van der Waals surface area contributed by atoms with Crippen molar-refractivity contribution in [2.45, 2.75) is 45.8 Å². The smallest absolute Gasteiger partial charge is 0.257 e. The summed E-state index contributed by atoms with van der Waals surface area (Å²) in [6.07, 6.45) is 3.95. The molecule has 0 aliphatic carbocycles. The fraction of sp³-hybridized carbons (Fsp3) is 0.476. The number of rotatable bonds is 8. The number of nitrogens with one attached hydrogen (secondary N) is 2. The van der Waals surface area contributed by atoms with E-state index in [1.807, 2.05) is 31.6 Å². The van der Waals surface area contributed by atoms with Crippen LogP contribution in [0.5, 0.6) is 11.5 Å². The summed E-state index contributed by atoms with van der Waals surface area (Å²) in [5, 5.41) is 5.95. The molecule has 0 unspecified atom stereocenters. The number of ether oxygens (including phenoxy) is 2. The minimum atomic E-state index is -0.714. The van der Waals surface area contributed by atoms with Crippen molar-refractivity contribution in [3.05, 3.63) is 34.1 Å². The molecule has 9 heteroatoms. The fourth-order valence-electron chi connectivity index (χ4n) is 3.33. The van der Waals surface area contributed by atoms with Gasteiger partial charge < -0.3 is 24.7 Å². The lowest BCUT2D eigenvalue weighted by Gasteiger charge is -2.20. The Morgan fingerprint density at radius 3 is 2.53 bits per heavy atom. The second kappa shape index (κ2) is 9.42. The maximum Gasteiger partial charge on any atom is 0.257 e. The van der Waals surface area contributed by atoms with Gasteiger partial charge in [0.15, 0.2) is 11.5 Å². The largest absolute Gasteiger partial charge is 0.454 e. The van der Waals surface area contributed by atoms with Gasteiger partial charge in [0.1, 0.15) is 11.6 Å². The number of carbonyl (C=O) groups excluding carboxylic acids is 2. The first-order chi connectivity index (χ1) is 14.3. The van der Waals surface area contributed by atoms with Crippen LogP contribution in [0.4, 0.5) is 0 Å². The molecular weight excluding hydrogens is 406 g/mol. The summed E-state index contributed by atoms with van der Waals surface area (Å²) in [6, 6.07) is 2.60. The number of fused-ring (bicyclic) bond motifs is 2. The zero-order valence-electron chi connectivity index (χ0n) is 17.6. The second-order valence-electron chi connectivity index (χ2n) is 7.35. The average molecular weight is 434 g/mol. The first kappa shape index (κ1) is 22.0. The first-order valence-electron chi connectivity index (χ1n) is 9.92. The van der Waals surface area contributed by atoms with E-state index in [1.165, 1.54) is 6.20 Å². The molecule has 1 aliphatic heterocycles. The number of amides is 2. The van der Waals surface area contributed by atoms with Crippen molar-refractivity contribution >= 4 is 34.5 Å². The maximum atomic E-state index is 13.1. The molecule has 3 rings (SSSR count). The molecule has 0 saturated carbocycles. The van der Waals surface area contributed by atoms with Crippen molar-refractivity contribution in [1.29, 1.82) is 0 Å². The molecule has 8 nitrogen and oxygen atoms in total. The third-order valence-corrected chi connectivity index (χ3v) is 5.47. The SMILES string of the molecule is CCn1cc(C(=O)N[C@H](CCSC)C(=O)NC(C)C)c(=O)c2cc3c(cc21)OCO3. The molecule has 1 atom stereocenters. The van der Waals surface area contributed by atoms with Gasteiger partial charge in [-0.25, -0.2) is 0 Å². The van der Waals surface area contributed by atoms with Crippen LogP contribution in [-0.4, -0.2) is 47.3 Å². The molecule has 2 aromatic rings. The molecule has 1 aromatic heterocycles. The zero-order chi connectivity index (χ0) is 21.8. The van der Waals surface area contributed by atoms with E-state index in [9.17, 15) is 14.4 Å². The summed E-state index contributed by atoms with van der Waals surface area (Å²) in [7, 11) is 0. The van der Waals surface area contributed by atoms with Gasteiger partial charge in [-0.05, 0) is 45.3 Å². The van der Waals surface area contributed by atoms with Gasteiger partial charge in [-0.15, -0.1) is 0 Å². The van der Waals surface area contributed by atoms with Crippen molar-refractivity contribution in [3.63, 3.8) is 0 Å². The number of aromatic nitrogens is 1. The molecule has 1 aromatic carbocycles. The molecule has 2 amide bonds. The van der Waals surface area contributed by atoms with Gasteiger partial charge in [0, 0.05) is 24.8 Å². The lowest BCUT2D eigenvalue weighted by Crippen LogP contribution is -2.49. The number of aryl methyl sites for hydroxylation is 1. The van der Waals surface area contributed by atoms with Gasteiger partial charge in [-0.3, -0.25) is 14.4 Å². The number of pyridine rings is 1. The second-order valence-corrected chi connectivity index (χ2v) is 8.34. The Hall–Kier alpha value is -2.68. The van der Waals surface area contributed by atoms with Crippen LogP contribution < -0.4 is 25.5 Å². The van der Waals surface area contributed by atoms with Crippen molar-refractivity contribution in [3.8, 4) is 11.5 Å². The van der Waals surface area contributed by atoms with Crippen LogP contribution in [0.25, 0.3) is 10.9 Å². The van der Waals surface area contributed by atoms with Crippen molar-refractivity contribution in [2.24, 2.45) is 0 Å². The van der Waals surface area contributed by atoms with E-state index in [2.05, 4.69) is 10.6 Å². The Bertz CT molecular complexity index is 1020. The van der Waals surface area contributed by atoms with Gasteiger partial charge in [0.2, 0.25) is 18.1 Å². The minimum Gasteiger partial charge on any atom is -0.454 e. The molecule has 0 saturated heterocycles. The van der Waals surface area contributed by atoms with E-state index in [-0.39, 0.29) is 24.3 Å². The number of benzene rings is 1. The van der Waals surface area contributed by atoms with Crippen molar-refractivity contribution < 1.29 is 19.1 Å². The molecule has 2 N–H and O–H groups in total. The van der Waals surface area contributed by atoms with Crippen LogP contribution in [-0.2, 0) is 11.3 Å². The predicted octanol–water partition coefficient (Wildman–Crippen LogP) is 2.13. The topological polar surface area (TPSA) is 98.7 Å². The number of hydrogen-bond donors (Lipinski definition) is 2. The van der Waals surface area contributed by atoms with Crippen LogP contribution in [0.15, 0.2) is 23.1 Å². The number of thioether (sulfide) groups is 1. The summed E-state index contributed by atoms with van der Waals surface area (Å²) in [5.41, 5.74) is 0.257. The summed E-state index contributed by atoms with van der Waals surface area (Å²) >= 11 is 1.59. The average Bonchev–Trinajstić information content (AvgIpc) is 3.17. The standard InChI is InChI=1S/C21H27N3O5S/c1-5-24-10-14(19(25)13-8-17-18(9-16(13)24)29-11-28-17)20(26)23-15(6-7-30-4)21(27)22-12(2)3/h8-10,12,15H,5-7,11H2,1-4H3,(H,22,27)(H,23,26)/t15-/m1/s1. The molecule has 0 spiro atoms. The monoisotopic (exact) mass is 433 g/mol. The molecule has 0 bridgehead atoms. The Morgan fingerprint density at radius 2 is 1.90 bits per heavy atom. The van der Waals surface area contributed by atoms with E-state index in [1.54, 1.807) is 23.9 Å². The van der Waals surface area contributed by atoms with Gasteiger partial charge in [0.25, 0.3) is 5.91 Å². The summed E-state index contributed by atoms with van der Waals surface area (Å²) in [5.74, 6) is 0.938. The fourth-order valence-corrected chi connectivity index (χ4v) is 3.80. The molecule has 2 heterocycles. The highest BCUT2D eigenvalue weighted by Crippen LogP contribution is 2.35. The Kier molecular flexibility index (Phi) is 6.91. The Balaban J connectivity index is 1.97. The van der Waals surface area contributed by atoms with Crippen LogP contribution in [0.3, 0.4) is 0 Å². The molecule has 1 aliphatic rings. The van der Waals surface area contributed by atoms with E-state index in [4.69, 9.17) is 9.47 Å². The number of hydrogen-bond acceptors (Lipinski definition) is 6. The summed E-state index contributed by atoms with van der Waals surface area (Å²) < 4.78 is 12.6. The predicted molar refractivity (Wildman–Crippen MR) is 118 cm³/mol. The highest BCUT2D eigenvalue weighted by atomic mass is 32.2. The third-order valence-electron chi connectivity index (χ3n) is 4.82. The quantitative estimate of drug-likeness (QED) is 0.662. The lowest BCUT2D eigenvalue weighted by molar-refractivity contribution is -0.123. The molecular formula is C21H27N3O5S. The number of nitrogens with zero attached hydrogens (tertiary/aromatic N) is 1.